The minimum Gasteiger partial charge on any atom is -0.381 e. The Kier molecular flexibility index (Phi) is 3.48. The quantitative estimate of drug-likeness (QED) is 0.790. The normalized spacial score (nSPS) is 10.7. The van der Waals surface area contributed by atoms with E-state index in [4.69, 9.17) is 11.6 Å². The monoisotopic (exact) mass is 287 g/mol. The molecular weight excluding hydrogens is 277 g/mol. The molecule has 2 aromatic carbocycles. The van der Waals surface area contributed by atoms with Gasteiger partial charge in [0.25, 0.3) is 0 Å². The van der Waals surface area contributed by atoms with Crippen LogP contribution in [0.15, 0.2) is 48.8 Å². The molecule has 5 heteroatoms. The van der Waals surface area contributed by atoms with Crippen LogP contribution in [0.4, 0.5) is 10.1 Å². The van der Waals surface area contributed by atoms with Gasteiger partial charge in [0.05, 0.1) is 16.1 Å². The average molecular weight is 288 g/mol. The third-order valence-corrected chi connectivity index (χ3v) is 3.28. The predicted octanol–water partition coefficient (Wildman–Crippen LogP) is 4.03. The van der Waals surface area contributed by atoms with Crippen molar-refractivity contribution in [3.63, 3.8) is 0 Å². The Hall–Kier alpha value is -2.20. The van der Waals surface area contributed by atoms with Gasteiger partial charge in [-0.2, -0.15) is 0 Å². The van der Waals surface area contributed by atoms with Crippen molar-refractivity contribution in [1.82, 2.24) is 9.97 Å². The number of aromatic nitrogens is 2. The summed E-state index contributed by atoms with van der Waals surface area (Å²) in [7, 11) is 0. The van der Waals surface area contributed by atoms with E-state index >= 15 is 0 Å². The third kappa shape index (κ3) is 2.56. The highest BCUT2D eigenvalue weighted by molar-refractivity contribution is 6.30. The summed E-state index contributed by atoms with van der Waals surface area (Å²) in [5.41, 5.74) is 3.00. The van der Waals surface area contributed by atoms with E-state index in [1.165, 1.54) is 6.07 Å². The minimum absolute atomic E-state index is 0.133. The van der Waals surface area contributed by atoms with Gasteiger partial charge in [-0.25, -0.2) is 4.39 Å². The number of rotatable bonds is 3. The van der Waals surface area contributed by atoms with Gasteiger partial charge in [0.15, 0.2) is 0 Å². The number of nitrogens with zero attached hydrogens (tertiary/aromatic N) is 2. The van der Waals surface area contributed by atoms with Crippen molar-refractivity contribution in [2.75, 3.05) is 5.32 Å². The maximum atomic E-state index is 13.8. The lowest BCUT2D eigenvalue weighted by Crippen LogP contribution is -2.02. The van der Waals surface area contributed by atoms with Crippen molar-refractivity contribution in [3.8, 4) is 0 Å². The molecule has 0 unspecified atom stereocenters. The van der Waals surface area contributed by atoms with Gasteiger partial charge in [-0.15, -0.1) is 0 Å². The molecule has 1 N–H and O–H groups in total. The van der Waals surface area contributed by atoms with Crippen LogP contribution in [-0.4, -0.2) is 9.97 Å². The molecule has 0 saturated carbocycles. The highest BCUT2D eigenvalue weighted by atomic mass is 35.5. The van der Waals surface area contributed by atoms with Gasteiger partial charge < -0.3 is 5.32 Å². The van der Waals surface area contributed by atoms with Crippen LogP contribution in [0.2, 0.25) is 5.02 Å². The molecule has 0 atom stereocenters. The lowest BCUT2D eigenvalue weighted by atomic mass is 10.2. The van der Waals surface area contributed by atoms with Crippen molar-refractivity contribution in [2.45, 2.75) is 6.54 Å². The number of hydrogen-bond acceptors (Lipinski definition) is 3. The summed E-state index contributed by atoms with van der Waals surface area (Å²) in [6, 6.07) is 10.6. The molecule has 100 valence electrons. The lowest BCUT2D eigenvalue weighted by molar-refractivity contribution is 0.613. The second-order valence-electron chi connectivity index (χ2n) is 4.33. The molecule has 0 amide bonds. The lowest BCUT2D eigenvalue weighted by Gasteiger charge is -2.08. The van der Waals surface area contributed by atoms with Crippen molar-refractivity contribution in [2.24, 2.45) is 0 Å². The molecule has 1 aromatic heterocycles. The minimum atomic E-state index is -0.387. The molecule has 0 spiro atoms. The van der Waals surface area contributed by atoms with Crippen molar-refractivity contribution in [3.05, 3.63) is 65.2 Å². The van der Waals surface area contributed by atoms with Gasteiger partial charge in [-0.1, -0.05) is 23.7 Å². The number of fused-ring (bicyclic) bond motifs is 1. The molecule has 0 aliphatic carbocycles. The molecule has 0 fully saturated rings. The van der Waals surface area contributed by atoms with E-state index in [0.717, 1.165) is 16.7 Å². The first-order valence-corrected chi connectivity index (χ1v) is 6.49. The fourth-order valence-electron chi connectivity index (χ4n) is 1.96. The van der Waals surface area contributed by atoms with Crippen LogP contribution in [-0.2, 0) is 6.54 Å². The first-order valence-electron chi connectivity index (χ1n) is 6.11. The molecule has 0 bridgehead atoms. The van der Waals surface area contributed by atoms with Crippen LogP contribution in [0.25, 0.3) is 11.0 Å². The summed E-state index contributed by atoms with van der Waals surface area (Å²) in [6.45, 7) is 0.359. The Labute approximate surface area is 120 Å². The van der Waals surface area contributed by atoms with Gasteiger partial charge in [-0.05, 0) is 24.3 Å². The van der Waals surface area contributed by atoms with Crippen LogP contribution in [0.5, 0.6) is 0 Å². The van der Waals surface area contributed by atoms with E-state index in [-0.39, 0.29) is 10.8 Å². The molecule has 0 radical (unpaired) electrons. The Morgan fingerprint density at radius 2 is 1.85 bits per heavy atom. The maximum Gasteiger partial charge on any atom is 0.146 e. The van der Waals surface area contributed by atoms with E-state index in [2.05, 4.69) is 15.3 Å². The van der Waals surface area contributed by atoms with E-state index < -0.39 is 0 Å². The number of benzene rings is 2. The summed E-state index contributed by atoms with van der Waals surface area (Å²) >= 11 is 5.75. The highest BCUT2D eigenvalue weighted by Crippen LogP contribution is 2.20. The zero-order valence-electron chi connectivity index (χ0n) is 10.5. The molecule has 0 aliphatic heterocycles. The van der Waals surface area contributed by atoms with E-state index in [1.807, 2.05) is 18.2 Å². The van der Waals surface area contributed by atoms with Crippen LogP contribution in [0, 0.1) is 5.82 Å². The fourth-order valence-corrected chi connectivity index (χ4v) is 2.15. The summed E-state index contributed by atoms with van der Waals surface area (Å²) in [5.74, 6) is -0.387. The van der Waals surface area contributed by atoms with Gasteiger partial charge in [0.1, 0.15) is 5.82 Å². The van der Waals surface area contributed by atoms with Crippen molar-refractivity contribution >= 4 is 28.3 Å². The number of anilines is 1. The van der Waals surface area contributed by atoms with Gasteiger partial charge in [-0.3, -0.25) is 9.97 Å². The van der Waals surface area contributed by atoms with Gasteiger partial charge in [0, 0.05) is 30.2 Å². The van der Waals surface area contributed by atoms with E-state index in [1.54, 1.807) is 24.5 Å². The van der Waals surface area contributed by atoms with Crippen LogP contribution < -0.4 is 5.32 Å². The Morgan fingerprint density at radius 3 is 2.70 bits per heavy atom. The molecular formula is C15H11ClFN3. The molecule has 3 rings (SSSR count). The van der Waals surface area contributed by atoms with Crippen molar-refractivity contribution in [1.29, 1.82) is 0 Å². The van der Waals surface area contributed by atoms with E-state index in [0.29, 0.717) is 12.1 Å². The molecule has 3 aromatic rings. The van der Waals surface area contributed by atoms with Gasteiger partial charge >= 0.3 is 0 Å². The molecule has 20 heavy (non-hydrogen) atoms. The molecule has 3 nitrogen and oxygen atoms in total. The zero-order chi connectivity index (χ0) is 13.9. The smallest absolute Gasteiger partial charge is 0.146 e. The summed E-state index contributed by atoms with van der Waals surface area (Å²) < 4.78 is 13.8. The second kappa shape index (κ2) is 5.43. The summed E-state index contributed by atoms with van der Waals surface area (Å²) in [5, 5.41) is 3.29. The third-order valence-electron chi connectivity index (χ3n) is 2.98. The number of hydrogen-bond donors (Lipinski definition) is 1. The maximum absolute atomic E-state index is 13.8. The van der Waals surface area contributed by atoms with Crippen LogP contribution in [0.1, 0.15) is 5.56 Å². The second-order valence-corrected chi connectivity index (χ2v) is 4.73. The molecule has 0 aliphatic rings. The van der Waals surface area contributed by atoms with E-state index in [9.17, 15) is 4.39 Å². The molecule has 0 saturated heterocycles. The molecule has 1 heterocycles. The number of halogens is 2. The largest absolute Gasteiger partial charge is 0.381 e. The van der Waals surface area contributed by atoms with Crippen LogP contribution >= 0.6 is 11.6 Å². The average Bonchev–Trinajstić information content (AvgIpc) is 2.48. The topological polar surface area (TPSA) is 37.8 Å². The summed E-state index contributed by atoms with van der Waals surface area (Å²) in [4.78, 5) is 8.43. The van der Waals surface area contributed by atoms with Gasteiger partial charge in [0.2, 0.25) is 0 Å². The Bertz CT molecular complexity index is 761. The standard InChI is InChI=1S/C15H11ClFN3/c16-12-3-1-2-10(15(12)17)9-20-11-4-5-13-14(8-11)19-7-6-18-13/h1-8,20H,9H2. The Balaban J connectivity index is 1.81. The first-order chi connectivity index (χ1) is 9.74. The number of nitrogens with one attached hydrogen (secondary N) is 1. The fraction of sp³-hybridized carbons (Fsp3) is 0.0667. The highest BCUT2D eigenvalue weighted by Gasteiger charge is 2.06. The van der Waals surface area contributed by atoms with Crippen molar-refractivity contribution < 1.29 is 4.39 Å². The SMILES string of the molecule is Fc1c(Cl)cccc1CNc1ccc2nccnc2c1. The summed E-state index contributed by atoms with van der Waals surface area (Å²) in [6.07, 6.45) is 3.29. The van der Waals surface area contributed by atoms with Crippen LogP contribution in [0.3, 0.4) is 0 Å². The first kappa shape index (κ1) is 12.8. The predicted molar refractivity (Wildman–Crippen MR) is 78.3 cm³/mol. The Morgan fingerprint density at radius 1 is 1.05 bits per heavy atom. The zero-order valence-corrected chi connectivity index (χ0v) is 11.2.